The van der Waals surface area contributed by atoms with Crippen LogP contribution in [0.2, 0.25) is 0 Å². The van der Waals surface area contributed by atoms with Crippen molar-refractivity contribution in [3.63, 3.8) is 0 Å². The minimum Gasteiger partial charge on any atom is -0.347 e. The van der Waals surface area contributed by atoms with Gasteiger partial charge in [0.15, 0.2) is 6.04 Å². The van der Waals surface area contributed by atoms with Gasteiger partial charge in [-0.05, 0) is 18.1 Å². The Morgan fingerprint density at radius 1 is 1.19 bits per heavy atom. The highest BCUT2D eigenvalue weighted by atomic mass is 16.2. The van der Waals surface area contributed by atoms with Gasteiger partial charge >= 0.3 is 0 Å². The number of likely N-dealkylation sites (N-methyl/N-ethyl adjacent to an activating group) is 1. The lowest BCUT2D eigenvalue weighted by Gasteiger charge is -2.22. The zero-order valence-corrected chi connectivity index (χ0v) is 13.1. The van der Waals surface area contributed by atoms with Crippen LogP contribution >= 0.6 is 0 Å². The second-order valence-corrected chi connectivity index (χ2v) is 5.72. The number of tetrazole rings is 1. The van der Waals surface area contributed by atoms with Crippen molar-refractivity contribution in [1.82, 2.24) is 25.1 Å². The molecule has 0 radical (unpaired) electrons. The molecule has 1 aromatic carbocycles. The number of amides is 1. The molecule has 6 heteroatoms. The molecule has 2 aromatic rings. The van der Waals surface area contributed by atoms with E-state index in [0.29, 0.717) is 5.82 Å². The SMILES string of the molecule is Cc1ccc(-c2nnn(C(C(=O)N(C)C)C(C)C)n2)cc1. The van der Waals surface area contributed by atoms with Crippen molar-refractivity contribution in [3.8, 4) is 11.4 Å². The van der Waals surface area contributed by atoms with E-state index in [1.807, 2.05) is 45.0 Å². The summed E-state index contributed by atoms with van der Waals surface area (Å²) in [5.74, 6) is 0.588. The minimum absolute atomic E-state index is 0.0298. The molecule has 1 aromatic heterocycles. The summed E-state index contributed by atoms with van der Waals surface area (Å²) in [4.78, 5) is 15.2. The van der Waals surface area contributed by atoms with E-state index in [-0.39, 0.29) is 11.8 Å². The van der Waals surface area contributed by atoms with E-state index in [2.05, 4.69) is 15.4 Å². The normalized spacial score (nSPS) is 12.5. The zero-order valence-electron chi connectivity index (χ0n) is 13.1. The Kier molecular flexibility index (Phi) is 4.35. The van der Waals surface area contributed by atoms with Crippen LogP contribution in [0.25, 0.3) is 11.4 Å². The summed E-state index contributed by atoms with van der Waals surface area (Å²) in [5, 5.41) is 12.5. The second kappa shape index (κ2) is 6.03. The Hall–Kier alpha value is -2.24. The molecule has 0 aliphatic carbocycles. The third kappa shape index (κ3) is 3.26. The summed E-state index contributed by atoms with van der Waals surface area (Å²) in [6.45, 7) is 5.97. The van der Waals surface area contributed by atoms with E-state index in [0.717, 1.165) is 5.56 Å². The van der Waals surface area contributed by atoms with Gasteiger partial charge in [-0.15, -0.1) is 10.2 Å². The molecule has 1 heterocycles. The van der Waals surface area contributed by atoms with E-state index in [9.17, 15) is 4.79 Å². The molecule has 0 saturated heterocycles. The molecule has 1 amide bonds. The van der Waals surface area contributed by atoms with Gasteiger partial charge in [-0.2, -0.15) is 4.80 Å². The van der Waals surface area contributed by atoms with Crippen LogP contribution in [-0.4, -0.2) is 45.1 Å². The standard InChI is InChI=1S/C15H21N5O/c1-10(2)13(15(21)19(4)5)20-17-14(16-18-20)12-8-6-11(3)7-9-12/h6-10,13H,1-5H3. The minimum atomic E-state index is -0.438. The second-order valence-electron chi connectivity index (χ2n) is 5.72. The van der Waals surface area contributed by atoms with Crippen LogP contribution in [0.4, 0.5) is 0 Å². The van der Waals surface area contributed by atoms with Crippen molar-refractivity contribution in [1.29, 1.82) is 0 Å². The van der Waals surface area contributed by atoms with E-state index < -0.39 is 6.04 Å². The number of aryl methyl sites for hydroxylation is 1. The van der Waals surface area contributed by atoms with Gasteiger partial charge in [0, 0.05) is 19.7 Å². The van der Waals surface area contributed by atoms with Gasteiger partial charge in [0.2, 0.25) is 11.7 Å². The van der Waals surface area contributed by atoms with Crippen molar-refractivity contribution in [2.45, 2.75) is 26.8 Å². The molecule has 6 nitrogen and oxygen atoms in total. The van der Waals surface area contributed by atoms with Crippen molar-refractivity contribution < 1.29 is 4.79 Å². The highest BCUT2D eigenvalue weighted by molar-refractivity contribution is 5.80. The molecule has 0 bridgehead atoms. The molecule has 0 spiro atoms. The van der Waals surface area contributed by atoms with Crippen molar-refractivity contribution in [2.24, 2.45) is 5.92 Å². The average Bonchev–Trinajstić information content (AvgIpc) is 2.88. The molecular formula is C15H21N5O. The molecule has 0 saturated carbocycles. The molecule has 0 N–H and O–H groups in total. The Balaban J connectivity index is 2.32. The van der Waals surface area contributed by atoms with Gasteiger partial charge in [0.25, 0.3) is 0 Å². The largest absolute Gasteiger partial charge is 0.347 e. The van der Waals surface area contributed by atoms with Crippen molar-refractivity contribution in [3.05, 3.63) is 29.8 Å². The van der Waals surface area contributed by atoms with Gasteiger partial charge in [-0.3, -0.25) is 4.79 Å². The summed E-state index contributed by atoms with van der Waals surface area (Å²) in [5.41, 5.74) is 2.07. The Morgan fingerprint density at radius 3 is 2.33 bits per heavy atom. The number of hydrogen-bond acceptors (Lipinski definition) is 4. The van der Waals surface area contributed by atoms with Crippen molar-refractivity contribution in [2.75, 3.05) is 14.1 Å². The maximum Gasteiger partial charge on any atom is 0.249 e. The average molecular weight is 287 g/mol. The van der Waals surface area contributed by atoms with Crippen LogP contribution in [0.3, 0.4) is 0 Å². The van der Waals surface area contributed by atoms with Gasteiger partial charge in [0.05, 0.1) is 0 Å². The number of aromatic nitrogens is 4. The van der Waals surface area contributed by atoms with E-state index in [4.69, 9.17) is 0 Å². The van der Waals surface area contributed by atoms with Gasteiger partial charge in [-0.1, -0.05) is 43.7 Å². The number of benzene rings is 1. The first kappa shape index (κ1) is 15.2. The lowest BCUT2D eigenvalue weighted by Crippen LogP contribution is -2.35. The highest BCUT2D eigenvalue weighted by Crippen LogP contribution is 2.20. The summed E-state index contributed by atoms with van der Waals surface area (Å²) in [7, 11) is 3.46. The smallest absolute Gasteiger partial charge is 0.249 e. The number of nitrogens with zero attached hydrogens (tertiary/aromatic N) is 5. The maximum atomic E-state index is 12.3. The predicted octanol–water partition coefficient (Wildman–Crippen LogP) is 1.93. The fourth-order valence-electron chi connectivity index (χ4n) is 2.08. The number of rotatable bonds is 4. The quantitative estimate of drug-likeness (QED) is 0.862. The topological polar surface area (TPSA) is 63.9 Å². The van der Waals surface area contributed by atoms with Crippen LogP contribution in [0, 0.1) is 12.8 Å². The molecule has 1 atom stereocenters. The monoisotopic (exact) mass is 287 g/mol. The first-order valence-corrected chi connectivity index (χ1v) is 6.98. The van der Waals surface area contributed by atoms with Crippen molar-refractivity contribution >= 4 is 5.91 Å². The number of carbonyl (C=O) groups excluding carboxylic acids is 1. The van der Waals surface area contributed by atoms with Crippen LogP contribution in [0.5, 0.6) is 0 Å². The molecule has 2 rings (SSSR count). The third-order valence-corrected chi connectivity index (χ3v) is 3.31. The molecule has 21 heavy (non-hydrogen) atoms. The van der Waals surface area contributed by atoms with E-state index in [1.54, 1.807) is 19.0 Å². The lowest BCUT2D eigenvalue weighted by atomic mass is 10.0. The Bertz CT molecular complexity index is 615. The molecule has 1 unspecified atom stereocenters. The first-order chi connectivity index (χ1) is 9.90. The molecule has 0 aliphatic heterocycles. The molecular weight excluding hydrogens is 266 g/mol. The van der Waals surface area contributed by atoms with Crippen LogP contribution in [0.15, 0.2) is 24.3 Å². The maximum absolute atomic E-state index is 12.3. The Morgan fingerprint density at radius 2 is 1.81 bits per heavy atom. The Labute approximate surface area is 124 Å². The highest BCUT2D eigenvalue weighted by Gasteiger charge is 2.28. The first-order valence-electron chi connectivity index (χ1n) is 6.98. The molecule has 0 aliphatic rings. The number of carbonyl (C=O) groups is 1. The van der Waals surface area contributed by atoms with Crippen LogP contribution in [0.1, 0.15) is 25.5 Å². The lowest BCUT2D eigenvalue weighted by molar-refractivity contribution is -0.134. The van der Waals surface area contributed by atoms with E-state index >= 15 is 0 Å². The summed E-state index contributed by atoms with van der Waals surface area (Å²) < 4.78 is 0. The summed E-state index contributed by atoms with van der Waals surface area (Å²) in [6.07, 6.45) is 0. The van der Waals surface area contributed by atoms with Crippen LogP contribution in [-0.2, 0) is 4.79 Å². The van der Waals surface area contributed by atoms with Gasteiger partial charge in [-0.25, -0.2) is 0 Å². The third-order valence-electron chi connectivity index (χ3n) is 3.31. The fraction of sp³-hybridized carbons (Fsp3) is 0.467. The van der Waals surface area contributed by atoms with E-state index in [1.165, 1.54) is 10.4 Å². The fourth-order valence-corrected chi connectivity index (χ4v) is 2.08. The predicted molar refractivity (Wildman–Crippen MR) is 80.6 cm³/mol. The summed E-state index contributed by atoms with van der Waals surface area (Å²) in [6, 6.07) is 7.47. The van der Waals surface area contributed by atoms with Gasteiger partial charge in [0.1, 0.15) is 0 Å². The summed E-state index contributed by atoms with van der Waals surface area (Å²) >= 11 is 0. The molecule has 112 valence electrons. The zero-order chi connectivity index (χ0) is 15.6. The number of hydrogen-bond donors (Lipinski definition) is 0. The molecule has 0 fully saturated rings. The van der Waals surface area contributed by atoms with Crippen LogP contribution < -0.4 is 0 Å². The van der Waals surface area contributed by atoms with Gasteiger partial charge < -0.3 is 4.90 Å².